The van der Waals surface area contributed by atoms with Crippen LogP contribution in [0.2, 0.25) is 0 Å². The van der Waals surface area contributed by atoms with E-state index in [0.717, 1.165) is 37.0 Å². The quantitative estimate of drug-likeness (QED) is 0.257. The Kier molecular flexibility index (Phi) is 9.54. The van der Waals surface area contributed by atoms with E-state index < -0.39 is 35.6 Å². The molecule has 0 saturated carbocycles. The largest absolute Gasteiger partial charge is 0.492 e. The second-order valence-electron chi connectivity index (χ2n) is 8.84. The van der Waals surface area contributed by atoms with E-state index in [0.29, 0.717) is 13.0 Å². The number of ether oxygens (including phenoxy) is 1. The minimum absolute atomic E-state index is 0.00571. The van der Waals surface area contributed by atoms with Gasteiger partial charge in [0.15, 0.2) is 0 Å². The lowest BCUT2D eigenvalue weighted by molar-refractivity contribution is -0.138. The van der Waals surface area contributed by atoms with Crippen molar-refractivity contribution in [2.45, 2.75) is 70.3 Å². The van der Waals surface area contributed by atoms with Crippen LogP contribution < -0.4 is 15.4 Å². The second-order valence-corrected chi connectivity index (χ2v) is 8.84. The molecule has 36 heavy (non-hydrogen) atoms. The van der Waals surface area contributed by atoms with Crippen molar-refractivity contribution in [2.24, 2.45) is 0 Å². The smallest absolute Gasteiger partial charge is 0.303 e. The maximum absolute atomic E-state index is 13.0. The summed E-state index contributed by atoms with van der Waals surface area (Å²) in [4.78, 5) is 72.9. The highest BCUT2D eigenvalue weighted by Gasteiger charge is 2.45. The normalized spacial score (nSPS) is 17.1. The molecule has 2 heterocycles. The highest BCUT2D eigenvalue weighted by Crippen LogP contribution is 2.33. The molecule has 2 aliphatic heterocycles. The van der Waals surface area contributed by atoms with Crippen LogP contribution in [0.4, 0.5) is 0 Å². The molecule has 0 radical (unpaired) electrons. The fraction of sp³-hybridized carbons (Fsp3) is 0.520. The molecule has 11 heteroatoms. The number of carbonyl (C=O) groups excluding carboxylic acids is 5. The number of benzene rings is 1. The minimum Gasteiger partial charge on any atom is -0.492 e. The Morgan fingerprint density at radius 1 is 1.00 bits per heavy atom. The van der Waals surface area contributed by atoms with Gasteiger partial charge in [0.2, 0.25) is 17.7 Å². The molecule has 3 rings (SSSR count). The van der Waals surface area contributed by atoms with Gasteiger partial charge in [-0.15, -0.1) is 0 Å². The van der Waals surface area contributed by atoms with Gasteiger partial charge in [0.05, 0.1) is 24.2 Å². The van der Waals surface area contributed by atoms with Gasteiger partial charge in [0.1, 0.15) is 11.8 Å². The Morgan fingerprint density at radius 3 is 2.44 bits per heavy atom. The number of amides is 5. The second kappa shape index (κ2) is 12.8. The maximum Gasteiger partial charge on any atom is 0.303 e. The maximum atomic E-state index is 13.0. The summed E-state index contributed by atoms with van der Waals surface area (Å²) < 4.78 is 5.66. The Labute approximate surface area is 208 Å². The molecule has 1 aromatic carbocycles. The molecule has 2 aliphatic rings. The molecule has 11 nitrogen and oxygen atoms in total. The Hall–Kier alpha value is -3.76. The zero-order chi connectivity index (χ0) is 26.1. The SMILES string of the molecule is O=C(O)CCCCCCCCNC(=O)CCOc1cccc2c1C(=O)N(C1CCC(=O)NC1=O)C2=O. The summed E-state index contributed by atoms with van der Waals surface area (Å²) in [5.74, 6) is -3.20. The van der Waals surface area contributed by atoms with E-state index in [-0.39, 0.29) is 55.1 Å². The first-order valence-electron chi connectivity index (χ1n) is 12.3. The Morgan fingerprint density at radius 2 is 1.72 bits per heavy atom. The van der Waals surface area contributed by atoms with Gasteiger partial charge < -0.3 is 15.2 Å². The molecular formula is C25H31N3O8. The lowest BCUT2D eigenvalue weighted by atomic mass is 10.0. The number of imide groups is 2. The molecule has 3 N–H and O–H groups in total. The van der Waals surface area contributed by atoms with Crippen molar-refractivity contribution in [3.8, 4) is 5.75 Å². The van der Waals surface area contributed by atoms with Crippen LogP contribution in [0.5, 0.6) is 5.75 Å². The molecule has 5 amide bonds. The molecule has 0 aliphatic carbocycles. The van der Waals surface area contributed by atoms with E-state index in [4.69, 9.17) is 9.84 Å². The van der Waals surface area contributed by atoms with E-state index in [2.05, 4.69) is 10.6 Å². The van der Waals surface area contributed by atoms with Gasteiger partial charge in [0.25, 0.3) is 11.8 Å². The number of nitrogens with one attached hydrogen (secondary N) is 2. The lowest BCUT2D eigenvalue weighted by Gasteiger charge is -2.27. The average Bonchev–Trinajstić information content (AvgIpc) is 3.08. The molecule has 0 aromatic heterocycles. The van der Waals surface area contributed by atoms with Gasteiger partial charge in [-0.2, -0.15) is 0 Å². The first kappa shape index (κ1) is 26.8. The minimum atomic E-state index is -1.06. The summed E-state index contributed by atoms with van der Waals surface area (Å²) in [7, 11) is 0. The number of aliphatic carboxylic acids is 1. The number of carboxylic acids is 1. The van der Waals surface area contributed by atoms with E-state index in [1.807, 2.05) is 0 Å². The zero-order valence-corrected chi connectivity index (χ0v) is 20.0. The molecule has 0 spiro atoms. The van der Waals surface area contributed by atoms with Crippen LogP contribution in [0.15, 0.2) is 18.2 Å². The number of carbonyl (C=O) groups is 6. The van der Waals surface area contributed by atoms with E-state index >= 15 is 0 Å². The number of fused-ring (bicyclic) bond motifs is 1. The number of hydrogen-bond acceptors (Lipinski definition) is 7. The van der Waals surface area contributed by atoms with E-state index in [9.17, 15) is 28.8 Å². The fourth-order valence-electron chi connectivity index (χ4n) is 4.28. The summed E-state index contributed by atoms with van der Waals surface area (Å²) in [6.45, 7) is 0.536. The first-order valence-corrected chi connectivity index (χ1v) is 12.3. The summed E-state index contributed by atoms with van der Waals surface area (Å²) >= 11 is 0. The average molecular weight is 502 g/mol. The van der Waals surface area contributed by atoms with Crippen LogP contribution in [0, 0.1) is 0 Å². The van der Waals surface area contributed by atoms with Crippen LogP contribution in [0.25, 0.3) is 0 Å². The van der Waals surface area contributed by atoms with Gasteiger partial charge in [-0.1, -0.05) is 31.7 Å². The van der Waals surface area contributed by atoms with Crippen molar-refractivity contribution >= 4 is 35.5 Å². The van der Waals surface area contributed by atoms with Gasteiger partial charge >= 0.3 is 5.97 Å². The summed E-state index contributed by atoms with van der Waals surface area (Å²) in [5.41, 5.74) is 0.172. The predicted octanol–water partition coefficient (Wildman–Crippen LogP) is 1.79. The third-order valence-corrected chi connectivity index (χ3v) is 6.16. The fourth-order valence-corrected chi connectivity index (χ4v) is 4.28. The molecule has 1 fully saturated rings. The molecule has 1 atom stereocenters. The Bertz CT molecular complexity index is 1040. The van der Waals surface area contributed by atoms with Crippen molar-refractivity contribution in [2.75, 3.05) is 13.2 Å². The highest BCUT2D eigenvalue weighted by molar-refractivity contribution is 6.24. The third-order valence-electron chi connectivity index (χ3n) is 6.16. The van der Waals surface area contributed by atoms with Crippen molar-refractivity contribution in [3.63, 3.8) is 0 Å². The van der Waals surface area contributed by atoms with Crippen LogP contribution in [-0.4, -0.2) is 64.7 Å². The van der Waals surface area contributed by atoms with E-state index in [1.54, 1.807) is 6.07 Å². The van der Waals surface area contributed by atoms with Crippen LogP contribution in [0.3, 0.4) is 0 Å². The van der Waals surface area contributed by atoms with Crippen molar-refractivity contribution in [1.82, 2.24) is 15.5 Å². The number of unbranched alkanes of at least 4 members (excludes halogenated alkanes) is 5. The number of nitrogens with zero attached hydrogens (tertiary/aromatic N) is 1. The van der Waals surface area contributed by atoms with Crippen LogP contribution in [0.1, 0.15) is 84.9 Å². The first-order chi connectivity index (χ1) is 17.3. The van der Waals surface area contributed by atoms with Crippen molar-refractivity contribution in [1.29, 1.82) is 0 Å². The van der Waals surface area contributed by atoms with Gasteiger partial charge in [-0.05, 0) is 31.4 Å². The predicted molar refractivity (Wildman–Crippen MR) is 126 cm³/mol. The lowest BCUT2D eigenvalue weighted by Crippen LogP contribution is -2.54. The number of carboxylic acid groups (broad SMARTS) is 1. The van der Waals surface area contributed by atoms with Crippen LogP contribution in [-0.2, 0) is 19.2 Å². The summed E-state index contributed by atoms with van der Waals surface area (Å²) in [5, 5.41) is 13.6. The molecule has 0 bridgehead atoms. The topological polar surface area (TPSA) is 159 Å². The standard InChI is InChI=1S/C25H31N3O8/c29-19(26-14-6-4-2-1-3-5-10-21(31)32)13-15-36-18-9-7-8-16-22(18)25(35)28(24(16)34)17-11-12-20(30)27-23(17)33/h7-9,17H,1-6,10-15H2,(H,26,29)(H,31,32)(H,27,30,33). The summed E-state index contributed by atoms with van der Waals surface area (Å²) in [6.07, 6.45) is 5.67. The summed E-state index contributed by atoms with van der Waals surface area (Å²) in [6, 6.07) is 3.52. The molecule has 194 valence electrons. The van der Waals surface area contributed by atoms with Crippen molar-refractivity contribution in [3.05, 3.63) is 29.3 Å². The monoisotopic (exact) mass is 501 g/mol. The zero-order valence-electron chi connectivity index (χ0n) is 20.0. The van der Waals surface area contributed by atoms with Crippen LogP contribution >= 0.6 is 0 Å². The van der Waals surface area contributed by atoms with E-state index in [1.165, 1.54) is 12.1 Å². The molecular weight excluding hydrogens is 470 g/mol. The number of hydrogen-bond donors (Lipinski definition) is 3. The third kappa shape index (κ3) is 6.89. The van der Waals surface area contributed by atoms with Gasteiger partial charge in [0, 0.05) is 19.4 Å². The van der Waals surface area contributed by atoms with Gasteiger partial charge in [-0.25, -0.2) is 0 Å². The van der Waals surface area contributed by atoms with Crippen molar-refractivity contribution < 1.29 is 38.6 Å². The van der Waals surface area contributed by atoms with Gasteiger partial charge in [-0.3, -0.25) is 39.0 Å². The Balaban J connectivity index is 1.41. The highest BCUT2D eigenvalue weighted by atomic mass is 16.5. The molecule has 1 unspecified atom stereocenters. The molecule has 1 aromatic rings. The molecule has 1 saturated heterocycles. The number of rotatable bonds is 14. The number of piperidine rings is 1.